The minimum Gasteiger partial charge on any atom is -0.326 e. The van der Waals surface area contributed by atoms with E-state index in [0.29, 0.717) is 12.5 Å². The number of aromatic nitrogens is 1. The fourth-order valence-electron chi connectivity index (χ4n) is 5.22. The molecule has 0 aliphatic carbocycles. The molecule has 4 nitrogen and oxygen atoms in total. The van der Waals surface area contributed by atoms with Crippen LogP contribution in [0.5, 0.6) is 0 Å². The van der Waals surface area contributed by atoms with Gasteiger partial charge >= 0.3 is 0 Å². The lowest BCUT2D eigenvalue weighted by Crippen LogP contribution is -2.43. The largest absolute Gasteiger partial charge is 0.326 e. The number of likely N-dealkylation sites (tertiary alicyclic amines) is 2. The van der Waals surface area contributed by atoms with Gasteiger partial charge in [-0.05, 0) is 74.3 Å². The lowest BCUT2D eigenvalue weighted by Gasteiger charge is -2.40. The van der Waals surface area contributed by atoms with Gasteiger partial charge in [0.1, 0.15) is 0 Å². The molecule has 0 spiro atoms. The summed E-state index contributed by atoms with van der Waals surface area (Å²) in [6.45, 7) is 9.19. The van der Waals surface area contributed by atoms with Crippen molar-refractivity contribution in [1.29, 1.82) is 0 Å². The first kappa shape index (κ1) is 18.9. The minimum absolute atomic E-state index is 0.553. The van der Waals surface area contributed by atoms with Gasteiger partial charge in [0.2, 0.25) is 0 Å². The van der Waals surface area contributed by atoms with Crippen molar-refractivity contribution < 1.29 is 0 Å². The summed E-state index contributed by atoms with van der Waals surface area (Å²) < 4.78 is 0. The summed E-state index contributed by atoms with van der Waals surface area (Å²) in [5, 5.41) is 1.30. The van der Waals surface area contributed by atoms with Gasteiger partial charge in [0, 0.05) is 37.8 Å². The number of nitrogens with zero attached hydrogens (tertiary/aromatic N) is 3. The molecule has 27 heavy (non-hydrogen) atoms. The highest BCUT2D eigenvalue weighted by Gasteiger charge is 2.29. The Morgan fingerprint density at radius 2 is 1.96 bits per heavy atom. The van der Waals surface area contributed by atoms with Crippen LogP contribution < -0.4 is 5.73 Å². The van der Waals surface area contributed by atoms with Crippen molar-refractivity contribution in [2.75, 3.05) is 39.8 Å². The molecule has 2 aliphatic heterocycles. The maximum Gasteiger partial charge on any atom is 0.0749 e. The third kappa shape index (κ3) is 4.18. The van der Waals surface area contributed by atoms with Crippen LogP contribution in [-0.2, 0) is 6.54 Å². The van der Waals surface area contributed by atoms with E-state index in [1.165, 1.54) is 62.9 Å². The topological polar surface area (TPSA) is 45.4 Å². The average Bonchev–Trinajstić information content (AvgIpc) is 2.68. The molecular weight excluding hydrogens is 332 g/mol. The predicted molar refractivity (Wildman–Crippen MR) is 113 cm³/mol. The first-order chi connectivity index (χ1) is 13.1. The smallest absolute Gasteiger partial charge is 0.0749 e. The number of hydrogen-bond acceptors (Lipinski definition) is 4. The second-order valence-electron chi connectivity index (χ2n) is 8.92. The molecule has 2 fully saturated rings. The summed E-state index contributed by atoms with van der Waals surface area (Å²) in [5.74, 6) is 2.21. The van der Waals surface area contributed by atoms with Gasteiger partial charge in [-0.2, -0.15) is 0 Å². The molecule has 4 rings (SSSR count). The molecule has 2 aromatic rings. The van der Waals surface area contributed by atoms with Crippen molar-refractivity contribution in [3.63, 3.8) is 0 Å². The fourth-order valence-corrected chi connectivity index (χ4v) is 5.22. The number of nitrogens with two attached hydrogens (primary N) is 1. The Bertz CT molecular complexity index is 766. The average molecular weight is 367 g/mol. The van der Waals surface area contributed by atoms with Crippen LogP contribution in [0.3, 0.4) is 0 Å². The Balaban J connectivity index is 1.54. The molecule has 1 aromatic carbocycles. The van der Waals surface area contributed by atoms with Gasteiger partial charge in [0.25, 0.3) is 0 Å². The zero-order chi connectivity index (χ0) is 18.8. The van der Waals surface area contributed by atoms with Gasteiger partial charge in [0.05, 0.1) is 5.52 Å². The van der Waals surface area contributed by atoms with Crippen LogP contribution in [0.2, 0.25) is 0 Å². The number of fused-ring (bicyclic) bond motifs is 1. The molecular formula is C23H34N4. The lowest BCUT2D eigenvalue weighted by atomic mass is 9.82. The van der Waals surface area contributed by atoms with Crippen LogP contribution in [0.15, 0.2) is 30.5 Å². The summed E-state index contributed by atoms with van der Waals surface area (Å²) in [6.07, 6.45) is 5.87. The highest BCUT2D eigenvalue weighted by Crippen LogP contribution is 2.35. The van der Waals surface area contributed by atoms with Crippen molar-refractivity contribution in [1.82, 2.24) is 14.8 Å². The molecule has 2 aliphatic rings. The van der Waals surface area contributed by atoms with E-state index < -0.39 is 0 Å². The first-order valence-electron chi connectivity index (χ1n) is 10.6. The van der Waals surface area contributed by atoms with Crippen molar-refractivity contribution in [3.8, 4) is 0 Å². The third-order valence-electron chi connectivity index (χ3n) is 6.64. The van der Waals surface area contributed by atoms with Crippen molar-refractivity contribution in [3.05, 3.63) is 41.6 Å². The Kier molecular flexibility index (Phi) is 5.76. The van der Waals surface area contributed by atoms with E-state index in [1.54, 1.807) is 0 Å². The molecule has 0 amide bonds. The summed E-state index contributed by atoms with van der Waals surface area (Å²) in [7, 11) is 2.25. The fraction of sp³-hybridized carbons (Fsp3) is 0.609. The van der Waals surface area contributed by atoms with Crippen LogP contribution >= 0.6 is 0 Å². The van der Waals surface area contributed by atoms with E-state index in [9.17, 15) is 0 Å². The summed E-state index contributed by atoms with van der Waals surface area (Å²) in [5.41, 5.74) is 9.67. The molecule has 0 bridgehead atoms. The van der Waals surface area contributed by atoms with Crippen molar-refractivity contribution >= 4 is 10.9 Å². The van der Waals surface area contributed by atoms with Gasteiger partial charge in [-0.3, -0.25) is 4.98 Å². The maximum atomic E-state index is 5.95. The number of piperidine rings is 2. The normalized spacial score (nSPS) is 25.9. The van der Waals surface area contributed by atoms with E-state index in [2.05, 4.69) is 53.0 Å². The highest BCUT2D eigenvalue weighted by atomic mass is 15.1. The molecule has 2 saturated heterocycles. The van der Waals surface area contributed by atoms with Crippen LogP contribution in [0.25, 0.3) is 10.9 Å². The molecule has 2 unspecified atom stereocenters. The van der Waals surface area contributed by atoms with Crippen LogP contribution in [0.1, 0.15) is 43.2 Å². The molecule has 146 valence electrons. The van der Waals surface area contributed by atoms with E-state index in [0.717, 1.165) is 22.9 Å². The Morgan fingerprint density at radius 1 is 1.15 bits per heavy atom. The second kappa shape index (κ2) is 8.26. The molecule has 4 heteroatoms. The van der Waals surface area contributed by atoms with Crippen LogP contribution in [0, 0.1) is 11.8 Å². The Labute approximate surface area is 163 Å². The Morgan fingerprint density at radius 3 is 2.74 bits per heavy atom. The molecule has 3 heterocycles. The lowest BCUT2D eigenvalue weighted by molar-refractivity contribution is 0.114. The first-order valence-corrected chi connectivity index (χ1v) is 10.6. The second-order valence-corrected chi connectivity index (χ2v) is 8.92. The molecule has 1 aromatic heterocycles. The maximum absolute atomic E-state index is 5.95. The van der Waals surface area contributed by atoms with E-state index >= 15 is 0 Å². The summed E-state index contributed by atoms with van der Waals surface area (Å²) >= 11 is 0. The summed E-state index contributed by atoms with van der Waals surface area (Å²) in [4.78, 5) is 9.86. The predicted octanol–water partition coefficient (Wildman–Crippen LogP) is 3.46. The van der Waals surface area contributed by atoms with E-state index in [4.69, 9.17) is 5.73 Å². The van der Waals surface area contributed by atoms with Gasteiger partial charge in [-0.15, -0.1) is 0 Å². The molecule has 2 atom stereocenters. The third-order valence-corrected chi connectivity index (χ3v) is 6.64. The van der Waals surface area contributed by atoms with Crippen LogP contribution in [-0.4, -0.2) is 54.6 Å². The molecule has 0 radical (unpaired) electrons. The number of rotatable bonds is 4. The van der Waals surface area contributed by atoms with Gasteiger partial charge in [0.15, 0.2) is 0 Å². The molecule has 0 saturated carbocycles. The van der Waals surface area contributed by atoms with E-state index in [1.807, 2.05) is 6.20 Å². The zero-order valence-electron chi connectivity index (χ0n) is 16.9. The standard InChI is InChI=1S/C23H34N4/c1-17-12-20(16-27(14-17)15-18-7-10-26(2)11-8-18)21-6-5-19(13-24)23-22(21)4-3-9-25-23/h3-6,9,17-18,20H,7-8,10-16,24H2,1-2H3. The quantitative estimate of drug-likeness (QED) is 0.900. The summed E-state index contributed by atoms with van der Waals surface area (Å²) in [6, 6.07) is 8.82. The number of hydrogen-bond donors (Lipinski definition) is 1. The number of benzene rings is 1. The van der Waals surface area contributed by atoms with Crippen molar-refractivity contribution in [2.45, 2.75) is 38.6 Å². The highest BCUT2D eigenvalue weighted by molar-refractivity contribution is 5.85. The monoisotopic (exact) mass is 366 g/mol. The SMILES string of the molecule is CC1CC(c2ccc(CN)c3ncccc23)CN(CC2CCN(C)CC2)C1. The van der Waals surface area contributed by atoms with Gasteiger partial charge in [-0.1, -0.05) is 25.1 Å². The van der Waals surface area contributed by atoms with Crippen LogP contribution in [0.4, 0.5) is 0 Å². The van der Waals surface area contributed by atoms with Crippen molar-refractivity contribution in [2.24, 2.45) is 17.6 Å². The van der Waals surface area contributed by atoms with E-state index in [-0.39, 0.29) is 0 Å². The zero-order valence-corrected chi connectivity index (χ0v) is 16.9. The number of pyridine rings is 1. The van der Waals surface area contributed by atoms with Gasteiger partial charge in [-0.25, -0.2) is 0 Å². The van der Waals surface area contributed by atoms with Gasteiger partial charge < -0.3 is 15.5 Å². The Hall–Kier alpha value is -1.49. The molecule has 2 N–H and O–H groups in total. The minimum atomic E-state index is 0.553.